The highest BCUT2D eigenvalue weighted by molar-refractivity contribution is 6.83. The molecule has 104 valence electrons. The van der Waals surface area contributed by atoms with Crippen molar-refractivity contribution in [1.82, 2.24) is 0 Å². The Bertz CT molecular complexity index is 469. The lowest BCUT2D eigenvalue weighted by Gasteiger charge is -2.08. The highest BCUT2D eigenvalue weighted by Gasteiger charge is 2.07. The molecule has 1 aromatic rings. The lowest BCUT2D eigenvalue weighted by Crippen LogP contribution is -2.16. The fourth-order valence-corrected chi connectivity index (χ4v) is 1.92. The normalized spacial score (nSPS) is 10.7. The molecule has 0 aromatic heterocycles. The molecule has 0 aliphatic rings. The maximum Gasteiger partial charge on any atom is 0.129 e. The summed E-state index contributed by atoms with van der Waals surface area (Å²) in [5.41, 5.74) is 10.8. The first-order valence-electron chi connectivity index (χ1n) is 6.55. The van der Waals surface area contributed by atoms with Crippen molar-refractivity contribution in [3.63, 3.8) is 0 Å². The Labute approximate surface area is 117 Å². The van der Waals surface area contributed by atoms with Crippen LogP contribution in [0.4, 0.5) is 5.69 Å². The van der Waals surface area contributed by atoms with Gasteiger partial charge >= 0.3 is 0 Å². The number of nitrogen functional groups attached to an aromatic ring is 1. The molecule has 0 unspecified atom stereocenters. The number of hydrogen-bond donors (Lipinski definition) is 1. The second kappa shape index (κ2) is 7.22. The molecule has 0 saturated heterocycles. The van der Waals surface area contributed by atoms with Gasteiger partial charge in [-0.1, -0.05) is 25.6 Å². The minimum absolute atomic E-state index is 0.526. The van der Waals surface area contributed by atoms with Crippen LogP contribution >= 0.6 is 0 Å². The lowest BCUT2D eigenvalue weighted by molar-refractivity contribution is 0.110. The third-order valence-corrected chi connectivity index (χ3v) is 3.09. The van der Waals surface area contributed by atoms with Gasteiger partial charge in [-0.25, -0.2) is 0 Å². The molecule has 0 spiro atoms. The van der Waals surface area contributed by atoms with Crippen LogP contribution in [0.25, 0.3) is 0 Å². The zero-order chi connectivity index (χ0) is 14.3. The van der Waals surface area contributed by atoms with Gasteiger partial charge in [0.1, 0.15) is 20.4 Å². The van der Waals surface area contributed by atoms with Crippen LogP contribution in [0.1, 0.15) is 12.5 Å². The van der Waals surface area contributed by atoms with Crippen LogP contribution in [0, 0.1) is 11.5 Å². The third-order valence-electron chi connectivity index (χ3n) is 2.21. The summed E-state index contributed by atoms with van der Waals surface area (Å²) in [6.45, 7) is 10.4. The van der Waals surface area contributed by atoms with Crippen molar-refractivity contribution in [3.8, 4) is 17.2 Å². The van der Waals surface area contributed by atoms with Gasteiger partial charge < -0.3 is 15.2 Å². The summed E-state index contributed by atoms with van der Waals surface area (Å²) in [5.74, 6) is 3.94. The molecule has 3 nitrogen and oxygen atoms in total. The molecule has 1 rings (SSSR count). The Morgan fingerprint density at radius 3 is 2.53 bits per heavy atom. The Morgan fingerprint density at radius 1 is 1.16 bits per heavy atom. The fraction of sp³-hybridized carbons (Fsp3) is 0.467. The topological polar surface area (TPSA) is 44.5 Å². The van der Waals surface area contributed by atoms with Gasteiger partial charge in [0.25, 0.3) is 0 Å². The molecule has 0 fully saturated rings. The van der Waals surface area contributed by atoms with E-state index >= 15 is 0 Å². The van der Waals surface area contributed by atoms with E-state index in [4.69, 9.17) is 15.2 Å². The van der Waals surface area contributed by atoms with Gasteiger partial charge in [0, 0.05) is 23.9 Å². The van der Waals surface area contributed by atoms with Gasteiger partial charge in [-0.15, -0.1) is 5.54 Å². The average molecular weight is 277 g/mol. The minimum atomic E-state index is -1.37. The highest BCUT2D eigenvalue weighted by Crippen LogP contribution is 2.18. The second-order valence-corrected chi connectivity index (χ2v) is 10.1. The van der Waals surface area contributed by atoms with Gasteiger partial charge in [0.2, 0.25) is 0 Å². The van der Waals surface area contributed by atoms with E-state index in [9.17, 15) is 0 Å². The van der Waals surface area contributed by atoms with Crippen LogP contribution < -0.4 is 10.5 Å². The van der Waals surface area contributed by atoms with Gasteiger partial charge in [-0.3, -0.25) is 0 Å². The van der Waals surface area contributed by atoms with Crippen molar-refractivity contribution < 1.29 is 9.47 Å². The van der Waals surface area contributed by atoms with Crippen molar-refractivity contribution in [2.24, 2.45) is 0 Å². The molecule has 4 heteroatoms. The monoisotopic (exact) mass is 277 g/mol. The van der Waals surface area contributed by atoms with E-state index < -0.39 is 8.07 Å². The number of ether oxygens (including phenoxy) is 2. The second-order valence-electron chi connectivity index (χ2n) is 5.34. The first-order valence-corrected chi connectivity index (χ1v) is 10.0. The van der Waals surface area contributed by atoms with Gasteiger partial charge in [0.15, 0.2) is 0 Å². The maximum absolute atomic E-state index is 5.86. The fourth-order valence-electron chi connectivity index (χ4n) is 1.40. The molecule has 1 aromatic carbocycles. The van der Waals surface area contributed by atoms with Crippen molar-refractivity contribution in [1.29, 1.82) is 0 Å². The zero-order valence-corrected chi connectivity index (χ0v) is 13.2. The maximum atomic E-state index is 5.86. The van der Waals surface area contributed by atoms with Crippen molar-refractivity contribution in [3.05, 3.63) is 23.8 Å². The Morgan fingerprint density at radius 2 is 1.89 bits per heavy atom. The molecular weight excluding hydrogens is 254 g/mol. The molecule has 0 heterocycles. The first-order chi connectivity index (χ1) is 8.90. The lowest BCUT2D eigenvalue weighted by atomic mass is 10.2. The molecule has 0 aliphatic heterocycles. The predicted molar refractivity (Wildman–Crippen MR) is 83.1 cm³/mol. The summed E-state index contributed by atoms with van der Waals surface area (Å²) in [5, 5.41) is 0. The highest BCUT2D eigenvalue weighted by atomic mass is 28.3. The number of hydrogen-bond acceptors (Lipinski definition) is 3. The van der Waals surface area contributed by atoms with E-state index in [1.165, 1.54) is 0 Å². The predicted octanol–water partition coefficient (Wildman–Crippen LogP) is 2.91. The van der Waals surface area contributed by atoms with Crippen LogP contribution in [0.15, 0.2) is 18.2 Å². The molecule has 0 bridgehead atoms. The first kappa shape index (κ1) is 15.6. The number of anilines is 1. The molecule has 0 saturated carbocycles. The van der Waals surface area contributed by atoms with E-state index in [2.05, 4.69) is 31.1 Å². The third kappa shape index (κ3) is 6.90. The average Bonchev–Trinajstić information content (AvgIpc) is 2.31. The van der Waals surface area contributed by atoms with Gasteiger partial charge in [0.05, 0.1) is 6.61 Å². The Hall–Kier alpha value is -1.44. The van der Waals surface area contributed by atoms with E-state index in [-0.39, 0.29) is 0 Å². The van der Waals surface area contributed by atoms with Crippen molar-refractivity contribution in [2.45, 2.75) is 26.6 Å². The van der Waals surface area contributed by atoms with E-state index in [0.29, 0.717) is 25.5 Å². The molecule has 2 N–H and O–H groups in total. The quantitative estimate of drug-likeness (QED) is 0.389. The largest absolute Gasteiger partial charge is 0.491 e. The number of rotatable bonds is 5. The van der Waals surface area contributed by atoms with Crippen LogP contribution in [-0.4, -0.2) is 27.9 Å². The summed E-state index contributed by atoms with van der Waals surface area (Å²) >= 11 is 0. The smallest absolute Gasteiger partial charge is 0.129 e. The SMILES string of the molecule is CCOCCOc1cc(N)cc(C#C[Si](C)(C)C)c1. The zero-order valence-electron chi connectivity index (χ0n) is 12.2. The summed E-state index contributed by atoms with van der Waals surface area (Å²) in [4.78, 5) is 0. The molecule has 19 heavy (non-hydrogen) atoms. The number of benzene rings is 1. The van der Waals surface area contributed by atoms with E-state index in [1.807, 2.05) is 25.1 Å². The number of nitrogens with two attached hydrogens (primary N) is 1. The molecule has 0 radical (unpaired) electrons. The minimum Gasteiger partial charge on any atom is -0.491 e. The summed E-state index contributed by atoms with van der Waals surface area (Å²) in [6.07, 6.45) is 0. The van der Waals surface area contributed by atoms with Crippen LogP contribution in [0.5, 0.6) is 5.75 Å². The summed E-state index contributed by atoms with van der Waals surface area (Å²) < 4.78 is 10.8. The van der Waals surface area contributed by atoms with Gasteiger partial charge in [-0.05, 0) is 19.1 Å². The molecule has 0 atom stereocenters. The molecule has 0 amide bonds. The Kier molecular flexibility index (Phi) is 5.93. The van der Waals surface area contributed by atoms with Crippen LogP contribution in [0.2, 0.25) is 19.6 Å². The summed E-state index contributed by atoms with van der Waals surface area (Å²) in [7, 11) is -1.37. The van der Waals surface area contributed by atoms with Crippen LogP contribution in [0.3, 0.4) is 0 Å². The van der Waals surface area contributed by atoms with E-state index in [0.717, 1.165) is 11.3 Å². The van der Waals surface area contributed by atoms with Crippen LogP contribution in [-0.2, 0) is 4.74 Å². The van der Waals surface area contributed by atoms with Gasteiger partial charge in [-0.2, -0.15) is 0 Å². The molecular formula is C15H23NO2Si. The molecule has 0 aliphatic carbocycles. The van der Waals surface area contributed by atoms with Crippen molar-refractivity contribution >= 4 is 13.8 Å². The van der Waals surface area contributed by atoms with E-state index in [1.54, 1.807) is 0 Å². The summed E-state index contributed by atoms with van der Waals surface area (Å²) in [6, 6.07) is 5.61. The Balaban J connectivity index is 2.73. The standard InChI is InChI=1S/C15H23NO2Si/c1-5-17-7-8-18-15-11-13(10-14(16)12-15)6-9-19(2,3)4/h10-12H,5,7-8,16H2,1-4H3. The van der Waals surface area contributed by atoms with Crippen molar-refractivity contribution in [2.75, 3.05) is 25.6 Å².